The lowest BCUT2D eigenvalue weighted by atomic mass is 9.93. The molecule has 0 heterocycles. The van der Waals surface area contributed by atoms with Crippen molar-refractivity contribution in [1.82, 2.24) is 5.32 Å². The molecular weight excluding hydrogens is 188 g/mol. The van der Waals surface area contributed by atoms with Crippen LogP contribution in [0.3, 0.4) is 0 Å². The minimum absolute atomic E-state index is 0.0314. The van der Waals surface area contributed by atoms with E-state index in [-0.39, 0.29) is 5.91 Å². The zero-order valence-electron chi connectivity index (χ0n) is 10.3. The summed E-state index contributed by atoms with van der Waals surface area (Å²) in [5, 5.41) is 3.07. The van der Waals surface area contributed by atoms with Crippen LogP contribution in [0, 0.1) is 11.8 Å². The van der Waals surface area contributed by atoms with E-state index in [1.807, 2.05) is 0 Å². The first-order valence-electron chi connectivity index (χ1n) is 5.96. The number of rotatable bonds is 3. The van der Waals surface area contributed by atoms with Crippen molar-refractivity contribution in [1.29, 1.82) is 0 Å². The molecule has 3 heteroatoms. The van der Waals surface area contributed by atoms with Crippen LogP contribution in [0.5, 0.6) is 0 Å². The van der Waals surface area contributed by atoms with E-state index >= 15 is 0 Å². The third-order valence-corrected chi connectivity index (χ3v) is 3.65. The minimum Gasteiger partial charge on any atom is -0.352 e. The van der Waals surface area contributed by atoms with Crippen LogP contribution in [0.15, 0.2) is 0 Å². The first kappa shape index (κ1) is 12.5. The van der Waals surface area contributed by atoms with Gasteiger partial charge in [0.2, 0.25) is 5.91 Å². The molecule has 88 valence electrons. The van der Waals surface area contributed by atoms with Crippen LogP contribution in [0.2, 0.25) is 0 Å². The SMILES string of the molecule is CCC1CCC(NC(=O)C(C)(C)N)C1C. The summed E-state index contributed by atoms with van der Waals surface area (Å²) in [4.78, 5) is 11.7. The van der Waals surface area contributed by atoms with Crippen molar-refractivity contribution in [2.45, 2.75) is 58.5 Å². The summed E-state index contributed by atoms with van der Waals surface area (Å²) < 4.78 is 0. The molecule has 1 aliphatic carbocycles. The van der Waals surface area contributed by atoms with Gasteiger partial charge in [-0.05, 0) is 38.5 Å². The molecule has 3 atom stereocenters. The molecule has 1 aliphatic rings. The summed E-state index contributed by atoms with van der Waals surface area (Å²) in [5.74, 6) is 1.31. The van der Waals surface area contributed by atoms with Crippen LogP contribution in [0.1, 0.15) is 47.0 Å². The lowest BCUT2D eigenvalue weighted by molar-refractivity contribution is -0.126. The molecule has 0 radical (unpaired) electrons. The molecule has 1 amide bonds. The average molecular weight is 212 g/mol. The smallest absolute Gasteiger partial charge is 0.239 e. The lowest BCUT2D eigenvalue weighted by Gasteiger charge is -2.25. The molecule has 3 unspecified atom stereocenters. The molecule has 1 saturated carbocycles. The van der Waals surface area contributed by atoms with Gasteiger partial charge in [-0.15, -0.1) is 0 Å². The fraction of sp³-hybridized carbons (Fsp3) is 0.917. The number of nitrogens with one attached hydrogen (secondary N) is 1. The van der Waals surface area contributed by atoms with Gasteiger partial charge in [-0.3, -0.25) is 4.79 Å². The van der Waals surface area contributed by atoms with Gasteiger partial charge in [0.05, 0.1) is 5.54 Å². The molecule has 0 aromatic rings. The zero-order chi connectivity index (χ0) is 11.6. The molecule has 3 nitrogen and oxygen atoms in total. The van der Waals surface area contributed by atoms with Crippen molar-refractivity contribution in [3.05, 3.63) is 0 Å². The fourth-order valence-corrected chi connectivity index (χ4v) is 2.38. The Morgan fingerprint density at radius 3 is 2.47 bits per heavy atom. The molecule has 1 rings (SSSR count). The summed E-state index contributed by atoms with van der Waals surface area (Å²) >= 11 is 0. The number of hydrogen-bond donors (Lipinski definition) is 2. The highest BCUT2D eigenvalue weighted by molar-refractivity contribution is 5.85. The van der Waals surface area contributed by atoms with E-state index in [2.05, 4.69) is 19.2 Å². The van der Waals surface area contributed by atoms with E-state index in [1.165, 1.54) is 12.8 Å². The second kappa shape index (κ2) is 4.52. The van der Waals surface area contributed by atoms with Crippen molar-refractivity contribution < 1.29 is 4.79 Å². The standard InChI is InChI=1S/C12H24N2O/c1-5-9-6-7-10(8(9)2)14-11(15)12(3,4)13/h8-10H,5-7,13H2,1-4H3,(H,14,15). The van der Waals surface area contributed by atoms with Crippen LogP contribution >= 0.6 is 0 Å². The monoisotopic (exact) mass is 212 g/mol. The van der Waals surface area contributed by atoms with Crippen molar-refractivity contribution in [2.75, 3.05) is 0 Å². The van der Waals surface area contributed by atoms with Gasteiger partial charge in [-0.2, -0.15) is 0 Å². The predicted octanol–water partition coefficient (Wildman–Crippen LogP) is 1.66. The normalized spacial score (nSPS) is 31.7. The molecule has 0 aromatic heterocycles. The van der Waals surface area contributed by atoms with Gasteiger partial charge < -0.3 is 11.1 Å². The second-order valence-electron chi connectivity index (χ2n) is 5.41. The highest BCUT2D eigenvalue weighted by Crippen LogP contribution is 2.33. The Kier molecular flexibility index (Phi) is 3.77. The first-order chi connectivity index (χ1) is 6.86. The number of carbonyl (C=O) groups excluding carboxylic acids is 1. The van der Waals surface area contributed by atoms with Gasteiger partial charge in [0.25, 0.3) is 0 Å². The Morgan fingerprint density at radius 1 is 1.47 bits per heavy atom. The van der Waals surface area contributed by atoms with E-state index in [9.17, 15) is 4.79 Å². The fourth-order valence-electron chi connectivity index (χ4n) is 2.38. The van der Waals surface area contributed by atoms with E-state index in [0.717, 1.165) is 12.3 Å². The number of amides is 1. The van der Waals surface area contributed by atoms with Gasteiger partial charge in [0, 0.05) is 6.04 Å². The molecule has 0 aliphatic heterocycles. The van der Waals surface area contributed by atoms with Crippen LogP contribution in [-0.4, -0.2) is 17.5 Å². The highest BCUT2D eigenvalue weighted by atomic mass is 16.2. The maximum Gasteiger partial charge on any atom is 0.239 e. The summed E-state index contributed by atoms with van der Waals surface area (Å²) in [7, 11) is 0. The van der Waals surface area contributed by atoms with Crippen LogP contribution in [0.4, 0.5) is 0 Å². The van der Waals surface area contributed by atoms with E-state index in [4.69, 9.17) is 5.73 Å². The van der Waals surface area contributed by atoms with E-state index in [0.29, 0.717) is 12.0 Å². The van der Waals surface area contributed by atoms with Gasteiger partial charge in [-0.1, -0.05) is 20.3 Å². The number of hydrogen-bond acceptors (Lipinski definition) is 2. The summed E-state index contributed by atoms with van der Waals surface area (Å²) in [6.45, 7) is 7.95. The Balaban J connectivity index is 2.51. The van der Waals surface area contributed by atoms with Crippen molar-refractivity contribution in [2.24, 2.45) is 17.6 Å². The lowest BCUT2D eigenvalue weighted by Crippen LogP contribution is -2.52. The van der Waals surface area contributed by atoms with Crippen molar-refractivity contribution in [3.8, 4) is 0 Å². The summed E-state index contributed by atoms with van der Waals surface area (Å²) in [6, 6.07) is 0.324. The van der Waals surface area contributed by atoms with Crippen molar-refractivity contribution >= 4 is 5.91 Å². The van der Waals surface area contributed by atoms with E-state index < -0.39 is 5.54 Å². The second-order valence-corrected chi connectivity index (χ2v) is 5.41. The van der Waals surface area contributed by atoms with Gasteiger partial charge in [0.15, 0.2) is 0 Å². The largest absolute Gasteiger partial charge is 0.352 e. The van der Waals surface area contributed by atoms with Crippen LogP contribution < -0.4 is 11.1 Å². The van der Waals surface area contributed by atoms with Gasteiger partial charge in [0.1, 0.15) is 0 Å². The van der Waals surface area contributed by atoms with Crippen LogP contribution in [-0.2, 0) is 4.79 Å². The molecule has 3 N–H and O–H groups in total. The van der Waals surface area contributed by atoms with Crippen LogP contribution in [0.25, 0.3) is 0 Å². The molecule has 0 saturated heterocycles. The van der Waals surface area contributed by atoms with Gasteiger partial charge >= 0.3 is 0 Å². The molecule has 0 bridgehead atoms. The average Bonchev–Trinajstić information content (AvgIpc) is 2.46. The first-order valence-corrected chi connectivity index (χ1v) is 5.96. The zero-order valence-corrected chi connectivity index (χ0v) is 10.3. The third-order valence-electron chi connectivity index (χ3n) is 3.65. The maximum atomic E-state index is 11.7. The molecule has 0 aromatic carbocycles. The Morgan fingerprint density at radius 2 is 2.07 bits per heavy atom. The maximum absolute atomic E-state index is 11.7. The Hall–Kier alpha value is -0.570. The Bertz CT molecular complexity index is 232. The topological polar surface area (TPSA) is 55.1 Å². The Labute approximate surface area is 92.8 Å². The molecule has 1 fully saturated rings. The predicted molar refractivity (Wildman–Crippen MR) is 62.4 cm³/mol. The number of nitrogens with two attached hydrogens (primary N) is 1. The summed E-state index contributed by atoms with van der Waals surface area (Å²) in [6.07, 6.45) is 3.54. The molecule has 15 heavy (non-hydrogen) atoms. The van der Waals surface area contributed by atoms with E-state index in [1.54, 1.807) is 13.8 Å². The quantitative estimate of drug-likeness (QED) is 0.747. The molecular formula is C12H24N2O. The third kappa shape index (κ3) is 2.94. The van der Waals surface area contributed by atoms with Gasteiger partial charge in [-0.25, -0.2) is 0 Å². The van der Waals surface area contributed by atoms with Crippen molar-refractivity contribution in [3.63, 3.8) is 0 Å². The summed E-state index contributed by atoms with van der Waals surface area (Å²) in [5.41, 5.74) is 5.00. The number of carbonyl (C=O) groups is 1. The molecule has 0 spiro atoms. The minimum atomic E-state index is -0.760. The highest BCUT2D eigenvalue weighted by Gasteiger charge is 2.34.